The molecular weight excluding hydrogens is 196 g/mol. The number of carbonyl (C=O) groups is 1. The normalized spacial score (nSPS) is 17.8. The smallest absolute Gasteiger partial charge is 0.237 e. The van der Waals surface area contributed by atoms with Gasteiger partial charge in [-0.25, -0.2) is 0 Å². The van der Waals surface area contributed by atoms with Gasteiger partial charge in [-0.3, -0.25) is 4.79 Å². The topological polar surface area (TPSA) is 55.1 Å². The molecule has 1 aliphatic carbocycles. The lowest BCUT2D eigenvalue weighted by Gasteiger charge is -2.10. The van der Waals surface area contributed by atoms with Crippen molar-refractivity contribution in [3.63, 3.8) is 0 Å². The summed E-state index contributed by atoms with van der Waals surface area (Å²) >= 11 is 1.64. The van der Waals surface area contributed by atoms with E-state index < -0.39 is 6.04 Å². The van der Waals surface area contributed by atoms with Gasteiger partial charge in [0.15, 0.2) is 0 Å². The Labute approximate surface area is 87.3 Å². The summed E-state index contributed by atoms with van der Waals surface area (Å²) in [4.78, 5) is 12.7. The van der Waals surface area contributed by atoms with Crippen LogP contribution in [0.15, 0.2) is 17.5 Å². The predicted molar refractivity (Wildman–Crippen MR) is 57.2 cm³/mol. The molecule has 1 aromatic heterocycles. The second-order valence-corrected chi connectivity index (χ2v) is 4.71. The van der Waals surface area contributed by atoms with E-state index in [9.17, 15) is 4.79 Å². The van der Waals surface area contributed by atoms with Gasteiger partial charge in [-0.05, 0) is 24.3 Å². The van der Waals surface area contributed by atoms with Crippen LogP contribution in [0.3, 0.4) is 0 Å². The Morgan fingerprint density at radius 2 is 2.50 bits per heavy atom. The van der Waals surface area contributed by atoms with Gasteiger partial charge in [0.1, 0.15) is 0 Å². The molecule has 1 amide bonds. The highest BCUT2D eigenvalue weighted by molar-refractivity contribution is 7.09. The molecule has 1 unspecified atom stereocenters. The molecule has 0 bridgehead atoms. The van der Waals surface area contributed by atoms with Gasteiger partial charge in [-0.1, -0.05) is 6.07 Å². The lowest BCUT2D eigenvalue weighted by molar-refractivity contribution is -0.122. The second kappa shape index (κ2) is 4.11. The van der Waals surface area contributed by atoms with Crippen molar-refractivity contribution in [3.8, 4) is 0 Å². The fourth-order valence-electron chi connectivity index (χ4n) is 1.27. The average molecular weight is 210 g/mol. The van der Waals surface area contributed by atoms with Crippen molar-refractivity contribution >= 4 is 17.2 Å². The molecule has 0 aliphatic heterocycles. The summed E-state index contributed by atoms with van der Waals surface area (Å²) in [5.41, 5.74) is 5.78. The molecule has 3 nitrogen and oxygen atoms in total. The first-order valence-corrected chi connectivity index (χ1v) is 5.72. The molecule has 4 heteroatoms. The van der Waals surface area contributed by atoms with Gasteiger partial charge in [-0.2, -0.15) is 0 Å². The van der Waals surface area contributed by atoms with E-state index in [0.717, 1.165) is 12.8 Å². The van der Waals surface area contributed by atoms with Crippen molar-refractivity contribution in [2.45, 2.75) is 31.3 Å². The Bertz CT molecular complexity index is 306. The lowest BCUT2D eigenvalue weighted by atomic mass is 10.2. The monoisotopic (exact) mass is 210 g/mol. The number of rotatable bonds is 4. The molecule has 0 spiro atoms. The number of amides is 1. The summed E-state index contributed by atoms with van der Waals surface area (Å²) in [6.07, 6.45) is 2.87. The van der Waals surface area contributed by atoms with Crippen LogP contribution in [-0.2, 0) is 11.2 Å². The largest absolute Gasteiger partial charge is 0.352 e. The molecule has 1 fully saturated rings. The minimum absolute atomic E-state index is 0.0131. The quantitative estimate of drug-likeness (QED) is 0.775. The van der Waals surface area contributed by atoms with Crippen LogP contribution in [0.4, 0.5) is 0 Å². The molecule has 1 heterocycles. The van der Waals surface area contributed by atoms with Crippen LogP contribution < -0.4 is 11.1 Å². The second-order valence-electron chi connectivity index (χ2n) is 3.67. The van der Waals surface area contributed by atoms with Crippen molar-refractivity contribution in [1.29, 1.82) is 0 Å². The van der Waals surface area contributed by atoms with E-state index in [0.29, 0.717) is 12.5 Å². The highest BCUT2D eigenvalue weighted by Crippen LogP contribution is 2.19. The van der Waals surface area contributed by atoms with Gasteiger partial charge in [0.25, 0.3) is 0 Å². The molecule has 76 valence electrons. The van der Waals surface area contributed by atoms with E-state index in [1.165, 1.54) is 4.88 Å². The Morgan fingerprint density at radius 3 is 3.07 bits per heavy atom. The Balaban J connectivity index is 1.81. The first-order chi connectivity index (χ1) is 6.75. The Morgan fingerprint density at radius 1 is 1.71 bits per heavy atom. The minimum atomic E-state index is -0.394. The van der Waals surface area contributed by atoms with Gasteiger partial charge in [0.05, 0.1) is 6.04 Å². The number of hydrogen-bond acceptors (Lipinski definition) is 3. The van der Waals surface area contributed by atoms with Gasteiger partial charge in [0, 0.05) is 17.3 Å². The molecule has 0 aromatic carbocycles. The molecule has 3 N–H and O–H groups in total. The fourth-order valence-corrected chi connectivity index (χ4v) is 2.04. The van der Waals surface area contributed by atoms with Gasteiger partial charge >= 0.3 is 0 Å². The minimum Gasteiger partial charge on any atom is -0.352 e. The number of nitrogens with two attached hydrogens (primary N) is 1. The van der Waals surface area contributed by atoms with Crippen molar-refractivity contribution in [3.05, 3.63) is 22.4 Å². The molecular formula is C10H14N2OS. The van der Waals surface area contributed by atoms with Crippen molar-refractivity contribution in [2.75, 3.05) is 0 Å². The van der Waals surface area contributed by atoms with E-state index in [-0.39, 0.29) is 5.91 Å². The Hall–Kier alpha value is -0.870. The maximum Gasteiger partial charge on any atom is 0.237 e. The molecule has 1 aromatic rings. The van der Waals surface area contributed by atoms with Crippen molar-refractivity contribution in [1.82, 2.24) is 5.32 Å². The molecule has 0 radical (unpaired) electrons. The van der Waals surface area contributed by atoms with E-state index in [1.54, 1.807) is 11.3 Å². The summed E-state index contributed by atoms with van der Waals surface area (Å²) in [5, 5.41) is 4.91. The zero-order valence-electron chi connectivity index (χ0n) is 7.90. The fraction of sp³-hybridized carbons (Fsp3) is 0.500. The van der Waals surface area contributed by atoms with Crippen LogP contribution >= 0.6 is 11.3 Å². The first kappa shape index (κ1) is 9.68. The molecule has 1 saturated carbocycles. The van der Waals surface area contributed by atoms with Crippen LogP contribution in [0.2, 0.25) is 0 Å². The summed E-state index contributed by atoms with van der Waals surface area (Å²) < 4.78 is 0. The van der Waals surface area contributed by atoms with E-state index >= 15 is 0 Å². The average Bonchev–Trinajstić information content (AvgIpc) is 2.81. The van der Waals surface area contributed by atoms with Crippen LogP contribution in [0.1, 0.15) is 17.7 Å². The van der Waals surface area contributed by atoms with Crippen LogP contribution in [0.5, 0.6) is 0 Å². The van der Waals surface area contributed by atoms with Crippen molar-refractivity contribution < 1.29 is 4.79 Å². The maximum absolute atomic E-state index is 11.5. The molecule has 2 rings (SSSR count). The van der Waals surface area contributed by atoms with Gasteiger partial charge < -0.3 is 11.1 Å². The van der Waals surface area contributed by atoms with E-state index in [4.69, 9.17) is 5.73 Å². The third-order valence-electron chi connectivity index (χ3n) is 2.26. The zero-order chi connectivity index (χ0) is 9.97. The SMILES string of the molecule is NC(Cc1cccs1)C(=O)NC1CC1. The predicted octanol–water partition coefficient (Wildman–Crippen LogP) is 0.896. The number of nitrogens with one attached hydrogen (secondary N) is 1. The summed E-state index contributed by atoms with van der Waals surface area (Å²) in [5.74, 6) is -0.0131. The summed E-state index contributed by atoms with van der Waals surface area (Å²) in [6.45, 7) is 0. The van der Waals surface area contributed by atoms with Gasteiger partial charge in [0.2, 0.25) is 5.91 Å². The highest BCUT2D eigenvalue weighted by atomic mass is 32.1. The van der Waals surface area contributed by atoms with E-state index in [1.807, 2.05) is 17.5 Å². The van der Waals surface area contributed by atoms with Gasteiger partial charge in [-0.15, -0.1) is 11.3 Å². The van der Waals surface area contributed by atoms with Crippen molar-refractivity contribution in [2.24, 2.45) is 5.73 Å². The molecule has 1 atom stereocenters. The zero-order valence-corrected chi connectivity index (χ0v) is 8.72. The van der Waals surface area contributed by atoms with E-state index in [2.05, 4.69) is 5.32 Å². The first-order valence-electron chi connectivity index (χ1n) is 4.84. The third kappa shape index (κ3) is 2.56. The lowest BCUT2D eigenvalue weighted by Crippen LogP contribution is -2.42. The molecule has 0 saturated heterocycles. The number of carbonyl (C=O) groups excluding carboxylic acids is 1. The number of hydrogen-bond donors (Lipinski definition) is 2. The summed E-state index contributed by atoms with van der Waals surface area (Å²) in [7, 11) is 0. The van der Waals surface area contributed by atoms with Crippen LogP contribution in [0, 0.1) is 0 Å². The maximum atomic E-state index is 11.5. The van der Waals surface area contributed by atoms with Crippen LogP contribution in [0.25, 0.3) is 0 Å². The third-order valence-corrected chi connectivity index (χ3v) is 3.16. The molecule has 1 aliphatic rings. The molecule has 14 heavy (non-hydrogen) atoms. The highest BCUT2D eigenvalue weighted by Gasteiger charge is 2.25. The standard InChI is InChI=1S/C10H14N2OS/c11-9(6-8-2-1-5-14-8)10(13)12-7-3-4-7/h1-2,5,7,9H,3-4,6,11H2,(H,12,13). The summed E-state index contributed by atoms with van der Waals surface area (Å²) in [6, 6.07) is 3.99. The Kier molecular flexibility index (Phi) is 2.84. The van der Waals surface area contributed by atoms with Crippen LogP contribution in [-0.4, -0.2) is 18.0 Å². The number of thiophene rings is 1.